The summed E-state index contributed by atoms with van der Waals surface area (Å²) in [5.74, 6) is 2.01. The Bertz CT molecular complexity index is 3550. The van der Waals surface area contributed by atoms with Crippen molar-refractivity contribution in [3.63, 3.8) is 0 Å². The Morgan fingerprint density at radius 3 is 1.77 bits per heavy atom. The fraction of sp³-hybridized carbons (Fsp3) is 0. The summed E-state index contributed by atoms with van der Waals surface area (Å²) in [4.78, 5) is 15.5. The number of rotatable bonds is 4. The summed E-state index contributed by atoms with van der Waals surface area (Å²) in [7, 11) is 0. The first kappa shape index (κ1) is 31.5. The van der Waals surface area contributed by atoms with Gasteiger partial charge in [0.25, 0.3) is 0 Å². The molecule has 0 amide bonds. The molecule has 0 atom stereocenters. The standard InChI is InChI=1S/C51H29N3S2/c1-2-12-32(13-3-1)49-52-50(54-51(53-49)43-19-9-18-41-42-26-21-31-11-5-7-15-37(31)47(42)56-48(41)43)34-22-25-40-44-28-33(23-27-45(44)55-46(40)29-34)36-16-8-17-38-35-14-6-4-10-30(35)20-24-39(36)38/h1-29H. The summed E-state index contributed by atoms with van der Waals surface area (Å²) in [6, 6.07) is 63.2. The van der Waals surface area contributed by atoms with Crippen molar-refractivity contribution in [1.29, 1.82) is 0 Å². The predicted octanol–water partition coefficient (Wildman–Crippen LogP) is 14.7. The van der Waals surface area contributed by atoms with Crippen LogP contribution < -0.4 is 0 Å². The SMILES string of the molecule is c1ccc(-c2nc(-c3ccc4c(c3)sc3ccc(-c5cccc6c5ccc5ccccc56)cc34)nc(-c3cccc4c3sc3c5ccccc5ccc43)n2)cc1. The summed E-state index contributed by atoms with van der Waals surface area (Å²) in [5.41, 5.74) is 5.43. The van der Waals surface area contributed by atoms with Gasteiger partial charge in [-0.15, -0.1) is 22.7 Å². The molecule has 0 aliphatic rings. The average molecular weight is 748 g/mol. The Morgan fingerprint density at radius 1 is 0.286 bits per heavy atom. The molecule has 0 unspecified atom stereocenters. The first-order chi connectivity index (χ1) is 27.7. The van der Waals surface area contributed by atoms with Crippen molar-refractivity contribution in [2.45, 2.75) is 0 Å². The van der Waals surface area contributed by atoms with Crippen molar-refractivity contribution in [2.24, 2.45) is 0 Å². The molecule has 3 heterocycles. The second kappa shape index (κ2) is 12.4. The molecule has 0 fully saturated rings. The molecular weight excluding hydrogens is 719 g/mol. The molecule has 3 nitrogen and oxygen atoms in total. The topological polar surface area (TPSA) is 38.7 Å². The van der Waals surface area contributed by atoms with Gasteiger partial charge in [0.15, 0.2) is 17.5 Å². The molecule has 12 aromatic rings. The van der Waals surface area contributed by atoms with Crippen molar-refractivity contribution in [1.82, 2.24) is 15.0 Å². The van der Waals surface area contributed by atoms with Gasteiger partial charge in [-0.25, -0.2) is 15.0 Å². The maximum atomic E-state index is 5.24. The van der Waals surface area contributed by atoms with Gasteiger partial charge in [0, 0.05) is 57.0 Å². The van der Waals surface area contributed by atoms with E-state index in [0.717, 1.165) is 16.7 Å². The maximum Gasteiger partial charge on any atom is 0.165 e. The lowest BCUT2D eigenvalue weighted by atomic mass is 9.94. The van der Waals surface area contributed by atoms with Crippen LogP contribution >= 0.6 is 22.7 Å². The van der Waals surface area contributed by atoms with Crippen molar-refractivity contribution in [2.75, 3.05) is 0 Å². The summed E-state index contributed by atoms with van der Waals surface area (Å²) in [5, 5.41) is 12.6. The number of hydrogen-bond acceptors (Lipinski definition) is 5. The monoisotopic (exact) mass is 747 g/mol. The van der Waals surface area contributed by atoms with Gasteiger partial charge in [-0.3, -0.25) is 0 Å². The molecule has 260 valence electrons. The molecule has 12 rings (SSSR count). The molecule has 9 aromatic carbocycles. The molecular formula is C51H29N3S2. The highest BCUT2D eigenvalue weighted by molar-refractivity contribution is 7.27. The van der Waals surface area contributed by atoms with Crippen LogP contribution in [0.1, 0.15) is 0 Å². The van der Waals surface area contributed by atoms with E-state index >= 15 is 0 Å². The number of benzene rings is 9. The molecule has 0 bridgehead atoms. The number of thiophene rings is 2. The van der Waals surface area contributed by atoms with Gasteiger partial charge in [-0.2, -0.15) is 0 Å². The normalized spacial score (nSPS) is 11.9. The molecule has 0 spiro atoms. The second-order valence-corrected chi connectivity index (χ2v) is 16.4. The Balaban J connectivity index is 1.01. The molecule has 0 saturated carbocycles. The zero-order chi connectivity index (χ0) is 36.7. The van der Waals surface area contributed by atoms with Gasteiger partial charge in [0.1, 0.15) is 0 Å². The van der Waals surface area contributed by atoms with Crippen LogP contribution in [-0.4, -0.2) is 15.0 Å². The van der Waals surface area contributed by atoms with Crippen molar-refractivity contribution in [3.05, 3.63) is 176 Å². The van der Waals surface area contributed by atoms with E-state index in [1.165, 1.54) is 83.8 Å². The smallest absolute Gasteiger partial charge is 0.165 e. The Hall–Kier alpha value is -6.79. The van der Waals surface area contributed by atoms with E-state index in [-0.39, 0.29) is 0 Å². The molecule has 0 aliphatic heterocycles. The molecule has 56 heavy (non-hydrogen) atoms. The van der Waals surface area contributed by atoms with Gasteiger partial charge in [-0.1, -0.05) is 152 Å². The largest absolute Gasteiger partial charge is 0.208 e. The number of nitrogens with zero attached hydrogens (tertiary/aromatic N) is 3. The fourth-order valence-corrected chi connectivity index (χ4v) is 10.9. The summed E-state index contributed by atoms with van der Waals surface area (Å²) in [6.07, 6.45) is 0. The summed E-state index contributed by atoms with van der Waals surface area (Å²) in [6.45, 7) is 0. The molecule has 0 aliphatic carbocycles. The van der Waals surface area contributed by atoms with E-state index in [2.05, 4.69) is 158 Å². The molecule has 0 radical (unpaired) electrons. The first-order valence-electron chi connectivity index (χ1n) is 18.8. The van der Waals surface area contributed by atoms with E-state index in [0.29, 0.717) is 17.5 Å². The number of hydrogen-bond donors (Lipinski definition) is 0. The molecule has 5 heteroatoms. The number of fused-ring (bicyclic) bond motifs is 11. The van der Waals surface area contributed by atoms with Crippen LogP contribution in [0.25, 0.3) is 118 Å². The highest BCUT2D eigenvalue weighted by Crippen LogP contribution is 2.44. The number of aromatic nitrogens is 3. The predicted molar refractivity (Wildman–Crippen MR) is 240 cm³/mol. The Labute approximate surface area is 329 Å². The van der Waals surface area contributed by atoms with Gasteiger partial charge in [0.2, 0.25) is 0 Å². The van der Waals surface area contributed by atoms with E-state index in [9.17, 15) is 0 Å². The van der Waals surface area contributed by atoms with Crippen LogP contribution in [0.3, 0.4) is 0 Å². The second-order valence-electron chi connectivity index (χ2n) is 14.3. The minimum atomic E-state index is 0.665. The van der Waals surface area contributed by atoms with Crippen LogP contribution in [0, 0.1) is 0 Å². The van der Waals surface area contributed by atoms with Crippen LogP contribution in [-0.2, 0) is 0 Å². The summed E-state index contributed by atoms with van der Waals surface area (Å²) >= 11 is 3.64. The minimum Gasteiger partial charge on any atom is -0.208 e. The van der Waals surface area contributed by atoms with Crippen LogP contribution in [0.15, 0.2) is 176 Å². The minimum absolute atomic E-state index is 0.665. The van der Waals surface area contributed by atoms with Crippen LogP contribution in [0.2, 0.25) is 0 Å². The third-order valence-corrected chi connectivity index (χ3v) is 13.5. The lowest BCUT2D eigenvalue weighted by Gasteiger charge is -2.10. The van der Waals surface area contributed by atoms with E-state index in [1.807, 2.05) is 40.9 Å². The maximum absolute atomic E-state index is 5.24. The molecule has 0 saturated heterocycles. The zero-order valence-electron chi connectivity index (χ0n) is 29.9. The third-order valence-electron chi connectivity index (χ3n) is 11.1. The lowest BCUT2D eigenvalue weighted by molar-refractivity contribution is 1.08. The molecule has 3 aromatic heterocycles. The van der Waals surface area contributed by atoms with Crippen molar-refractivity contribution in [3.8, 4) is 45.3 Å². The van der Waals surface area contributed by atoms with Crippen LogP contribution in [0.5, 0.6) is 0 Å². The van der Waals surface area contributed by atoms with Crippen LogP contribution in [0.4, 0.5) is 0 Å². The molecule has 0 N–H and O–H groups in total. The quantitative estimate of drug-likeness (QED) is 0.168. The van der Waals surface area contributed by atoms with Gasteiger partial charge >= 0.3 is 0 Å². The van der Waals surface area contributed by atoms with E-state index in [4.69, 9.17) is 15.0 Å². The zero-order valence-corrected chi connectivity index (χ0v) is 31.5. The fourth-order valence-electron chi connectivity index (χ4n) is 8.42. The summed E-state index contributed by atoms with van der Waals surface area (Å²) < 4.78 is 4.94. The van der Waals surface area contributed by atoms with Crippen molar-refractivity contribution >= 4 is 95.3 Å². The Kier molecular flexibility index (Phi) is 6.97. The average Bonchev–Trinajstić information content (AvgIpc) is 3.84. The van der Waals surface area contributed by atoms with E-state index in [1.54, 1.807) is 0 Å². The van der Waals surface area contributed by atoms with E-state index < -0.39 is 0 Å². The highest BCUT2D eigenvalue weighted by Gasteiger charge is 2.18. The highest BCUT2D eigenvalue weighted by atomic mass is 32.1. The Morgan fingerprint density at radius 2 is 0.911 bits per heavy atom. The third kappa shape index (κ3) is 4.92. The van der Waals surface area contributed by atoms with Gasteiger partial charge in [0.05, 0.1) is 0 Å². The van der Waals surface area contributed by atoms with Gasteiger partial charge in [-0.05, 0) is 67.7 Å². The first-order valence-corrected chi connectivity index (χ1v) is 20.4. The van der Waals surface area contributed by atoms with Gasteiger partial charge < -0.3 is 0 Å². The van der Waals surface area contributed by atoms with Crippen molar-refractivity contribution < 1.29 is 0 Å². The lowest BCUT2D eigenvalue weighted by Crippen LogP contribution is -2.00.